The zero-order chi connectivity index (χ0) is 15.7. The predicted molar refractivity (Wildman–Crippen MR) is 100 cm³/mol. The van der Waals surface area contributed by atoms with Crippen molar-refractivity contribution in [3.8, 4) is 0 Å². The van der Waals surface area contributed by atoms with Crippen LogP contribution in [-0.4, -0.2) is 71.5 Å². The van der Waals surface area contributed by atoms with Crippen LogP contribution in [-0.2, 0) is 14.8 Å². The van der Waals surface area contributed by atoms with Gasteiger partial charge in [0.2, 0.25) is 10.0 Å². The molecule has 1 aliphatic heterocycles. The Morgan fingerprint density at radius 2 is 2.14 bits per heavy atom. The van der Waals surface area contributed by atoms with Crippen LogP contribution in [0, 0.1) is 5.92 Å². The monoisotopic (exact) mass is 448 g/mol. The molecular weight excluding hydrogens is 419 g/mol. The summed E-state index contributed by atoms with van der Waals surface area (Å²) in [4.78, 5) is 6.69. The van der Waals surface area contributed by atoms with Crippen LogP contribution in [0.2, 0.25) is 0 Å². The van der Waals surface area contributed by atoms with Crippen LogP contribution in [0.15, 0.2) is 4.99 Å². The predicted octanol–water partition coefficient (Wildman–Crippen LogP) is 0.478. The van der Waals surface area contributed by atoms with Crippen molar-refractivity contribution >= 4 is 40.0 Å². The number of hydrogen-bond acceptors (Lipinski definition) is 4. The minimum atomic E-state index is -3.14. The molecule has 0 amide bonds. The van der Waals surface area contributed by atoms with Crippen LogP contribution in [0.4, 0.5) is 0 Å². The molecule has 1 unspecified atom stereocenters. The first kappa shape index (κ1) is 21.9. The van der Waals surface area contributed by atoms with Crippen LogP contribution < -0.4 is 10.0 Å². The molecule has 7 nitrogen and oxygen atoms in total. The number of guanidine groups is 1. The molecule has 1 rings (SSSR count). The third kappa shape index (κ3) is 9.11. The number of nitrogens with zero attached hydrogens (tertiary/aromatic N) is 2. The first-order valence-electron chi connectivity index (χ1n) is 7.52. The summed E-state index contributed by atoms with van der Waals surface area (Å²) >= 11 is 0. The molecule has 0 saturated carbocycles. The Bertz CT molecular complexity index is 431. The Morgan fingerprint density at radius 1 is 1.41 bits per heavy atom. The van der Waals surface area contributed by atoms with Gasteiger partial charge < -0.3 is 15.0 Å². The van der Waals surface area contributed by atoms with Gasteiger partial charge in [-0.15, -0.1) is 24.0 Å². The van der Waals surface area contributed by atoms with Crippen molar-refractivity contribution in [2.24, 2.45) is 10.9 Å². The van der Waals surface area contributed by atoms with E-state index in [0.29, 0.717) is 19.0 Å². The van der Waals surface area contributed by atoms with E-state index < -0.39 is 10.0 Å². The maximum atomic E-state index is 11.0. The third-order valence-electron chi connectivity index (χ3n) is 3.22. The zero-order valence-corrected chi connectivity index (χ0v) is 16.8. The Labute approximate surface area is 151 Å². The highest BCUT2D eigenvalue weighted by Crippen LogP contribution is 2.16. The van der Waals surface area contributed by atoms with Gasteiger partial charge in [0.1, 0.15) is 0 Å². The molecule has 0 aromatic carbocycles. The molecule has 0 aromatic rings. The Balaban J connectivity index is 0.00000441. The molecule has 0 spiro atoms. The largest absolute Gasteiger partial charge is 0.381 e. The second kappa shape index (κ2) is 11.4. The fraction of sp³-hybridized carbons (Fsp3) is 0.923. The summed E-state index contributed by atoms with van der Waals surface area (Å²) in [5.41, 5.74) is 0. The van der Waals surface area contributed by atoms with Gasteiger partial charge in [0, 0.05) is 38.7 Å². The molecule has 0 aliphatic carbocycles. The first-order valence-corrected chi connectivity index (χ1v) is 9.41. The van der Waals surface area contributed by atoms with Gasteiger partial charge in [-0.3, -0.25) is 4.99 Å². The molecule has 1 saturated heterocycles. The van der Waals surface area contributed by atoms with E-state index in [9.17, 15) is 8.42 Å². The maximum absolute atomic E-state index is 11.0. The third-order valence-corrected chi connectivity index (χ3v) is 3.94. The first-order chi connectivity index (χ1) is 9.96. The van der Waals surface area contributed by atoms with E-state index in [4.69, 9.17) is 4.74 Å². The highest BCUT2D eigenvalue weighted by Gasteiger charge is 2.24. The number of sulfonamides is 1. The van der Waals surface area contributed by atoms with Crippen LogP contribution in [0.5, 0.6) is 0 Å². The average Bonchev–Trinajstić information content (AvgIpc) is 2.87. The van der Waals surface area contributed by atoms with Crippen molar-refractivity contribution in [2.45, 2.75) is 20.3 Å². The Kier molecular flexibility index (Phi) is 11.3. The van der Waals surface area contributed by atoms with Crippen molar-refractivity contribution in [1.29, 1.82) is 0 Å². The Hall–Kier alpha value is -0.130. The molecule has 2 N–H and O–H groups in total. The maximum Gasteiger partial charge on any atom is 0.208 e. The second-order valence-electron chi connectivity index (χ2n) is 5.16. The van der Waals surface area contributed by atoms with Crippen LogP contribution in [0.25, 0.3) is 0 Å². The standard InChI is InChI=1S/C13H28N4O3S.HI/c1-4-14-13(15-7-8-16-21(3,18)19)17-9-6-12(10-17)11-20-5-2;/h12,16H,4-11H2,1-3H3,(H,14,15);1H. The molecule has 9 heteroatoms. The van der Waals surface area contributed by atoms with Crippen LogP contribution >= 0.6 is 24.0 Å². The summed E-state index contributed by atoms with van der Waals surface area (Å²) in [7, 11) is -3.14. The molecular formula is C13H29IN4O3S. The van der Waals surface area contributed by atoms with E-state index in [1.165, 1.54) is 0 Å². The highest BCUT2D eigenvalue weighted by atomic mass is 127. The number of ether oxygens (including phenoxy) is 1. The number of hydrogen-bond donors (Lipinski definition) is 2. The average molecular weight is 448 g/mol. The minimum Gasteiger partial charge on any atom is -0.381 e. The number of aliphatic imine (C=N–C) groups is 1. The van der Waals surface area contributed by atoms with E-state index in [2.05, 4.69) is 19.9 Å². The number of rotatable bonds is 8. The number of halogens is 1. The van der Waals surface area contributed by atoms with Crippen molar-refractivity contribution in [3.63, 3.8) is 0 Å². The zero-order valence-electron chi connectivity index (χ0n) is 13.7. The SMILES string of the molecule is CCNC(=NCCNS(C)(=O)=O)N1CCC(COCC)C1.I. The normalized spacial score (nSPS) is 19.1. The topological polar surface area (TPSA) is 83.0 Å². The molecule has 132 valence electrons. The summed E-state index contributed by atoms with van der Waals surface area (Å²) < 4.78 is 29.9. The lowest BCUT2D eigenvalue weighted by Crippen LogP contribution is -2.40. The van der Waals surface area contributed by atoms with Crippen molar-refractivity contribution in [1.82, 2.24) is 14.9 Å². The minimum absolute atomic E-state index is 0. The van der Waals surface area contributed by atoms with Gasteiger partial charge in [-0.2, -0.15) is 0 Å². The lowest BCUT2D eigenvalue weighted by Gasteiger charge is -2.21. The Morgan fingerprint density at radius 3 is 2.73 bits per heavy atom. The van der Waals surface area contributed by atoms with E-state index in [1.807, 2.05) is 13.8 Å². The van der Waals surface area contributed by atoms with Gasteiger partial charge >= 0.3 is 0 Å². The van der Waals surface area contributed by atoms with Gasteiger partial charge in [0.15, 0.2) is 5.96 Å². The van der Waals surface area contributed by atoms with Gasteiger partial charge in [-0.05, 0) is 20.3 Å². The van der Waals surface area contributed by atoms with E-state index in [-0.39, 0.29) is 24.0 Å². The second-order valence-corrected chi connectivity index (χ2v) is 7.00. The van der Waals surface area contributed by atoms with Gasteiger partial charge in [-0.25, -0.2) is 13.1 Å². The molecule has 1 atom stereocenters. The van der Waals surface area contributed by atoms with Crippen molar-refractivity contribution in [2.75, 3.05) is 52.2 Å². The van der Waals surface area contributed by atoms with Crippen molar-refractivity contribution in [3.05, 3.63) is 0 Å². The highest BCUT2D eigenvalue weighted by molar-refractivity contribution is 14.0. The van der Waals surface area contributed by atoms with E-state index >= 15 is 0 Å². The van der Waals surface area contributed by atoms with Gasteiger partial charge in [0.05, 0.1) is 19.4 Å². The quantitative estimate of drug-likeness (QED) is 0.244. The number of likely N-dealkylation sites (tertiary alicyclic amines) is 1. The molecule has 1 fully saturated rings. The smallest absolute Gasteiger partial charge is 0.208 e. The lowest BCUT2D eigenvalue weighted by molar-refractivity contribution is 0.114. The van der Waals surface area contributed by atoms with Crippen LogP contribution in [0.3, 0.4) is 0 Å². The summed E-state index contributed by atoms with van der Waals surface area (Å²) in [6, 6.07) is 0. The number of nitrogens with one attached hydrogen (secondary N) is 2. The summed E-state index contributed by atoms with van der Waals surface area (Å²) in [6.07, 6.45) is 2.26. The fourth-order valence-electron chi connectivity index (χ4n) is 2.26. The molecule has 1 heterocycles. The van der Waals surface area contributed by atoms with E-state index in [0.717, 1.165) is 51.5 Å². The molecule has 1 aliphatic rings. The van der Waals surface area contributed by atoms with Gasteiger partial charge in [-0.1, -0.05) is 0 Å². The van der Waals surface area contributed by atoms with Crippen molar-refractivity contribution < 1.29 is 13.2 Å². The lowest BCUT2D eigenvalue weighted by atomic mass is 10.1. The molecule has 22 heavy (non-hydrogen) atoms. The van der Waals surface area contributed by atoms with Gasteiger partial charge in [0.25, 0.3) is 0 Å². The molecule has 0 aromatic heterocycles. The summed E-state index contributed by atoms with van der Waals surface area (Å²) in [5, 5.41) is 3.26. The fourth-order valence-corrected chi connectivity index (χ4v) is 2.73. The summed E-state index contributed by atoms with van der Waals surface area (Å²) in [6.45, 7) is 9.03. The molecule has 0 bridgehead atoms. The van der Waals surface area contributed by atoms with E-state index in [1.54, 1.807) is 0 Å². The molecule has 0 radical (unpaired) electrons. The van der Waals surface area contributed by atoms with Crippen LogP contribution in [0.1, 0.15) is 20.3 Å². The summed E-state index contributed by atoms with van der Waals surface area (Å²) in [5.74, 6) is 1.40.